The zero-order chi connectivity index (χ0) is 22.5. The molecule has 2 N–H and O–H groups in total. The zero-order valence-electron chi connectivity index (χ0n) is 16.9. The number of amides is 1. The molecule has 0 saturated carbocycles. The van der Waals surface area contributed by atoms with E-state index in [0.29, 0.717) is 16.9 Å². The van der Waals surface area contributed by atoms with Crippen molar-refractivity contribution in [2.45, 2.75) is 26.4 Å². The molecule has 3 aromatic rings. The predicted molar refractivity (Wildman–Crippen MR) is 111 cm³/mol. The summed E-state index contributed by atoms with van der Waals surface area (Å²) in [6, 6.07) is 14.0. The Morgan fingerprint density at radius 3 is 2.52 bits per heavy atom. The minimum Gasteiger partial charge on any atom is -0.485 e. The van der Waals surface area contributed by atoms with E-state index in [1.807, 2.05) is 0 Å². The summed E-state index contributed by atoms with van der Waals surface area (Å²) in [5.74, 6) is -0.608. The number of anilines is 1. The minimum absolute atomic E-state index is 0.0445. The van der Waals surface area contributed by atoms with Crippen LogP contribution < -0.4 is 15.6 Å². The third-order valence-electron chi connectivity index (χ3n) is 4.39. The highest BCUT2D eigenvalue weighted by molar-refractivity contribution is 6.04. The average Bonchev–Trinajstić information content (AvgIpc) is 2.74. The lowest BCUT2D eigenvalue weighted by Crippen LogP contribution is -2.31. The Kier molecular flexibility index (Phi) is 6.76. The van der Waals surface area contributed by atoms with Gasteiger partial charge in [-0.25, -0.2) is 8.78 Å². The first kappa shape index (κ1) is 22.1. The van der Waals surface area contributed by atoms with Crippen LogP contribution in [0.4, 0.5) is 14.5 Å². The van der Waals surface area contributed by atoms with Crippen LogP contribution in [0, 0.1) is 6.92 Å². The second-order valence-electron chi connectivity index (χ2n) is 6.84. The van der Waals surface area contributed by atoms with Gasteiger partial charge in [-0.2, -0.15) is 9.78 Å². The summed E-state index contributed by atoms with van der Waals surface area (Å²) >= 11 is 0. The molecule has 3 rings (SSSR count). The fourth-order valence-corrected chi connectivity index (χ4v) is 2.89. The van der Waals surface area contributed by atoms with Crippen molar-refractivity contribution in [3.8, 4) is 11.4 Å². The van der Waals surface area contributed by atoms with Crippen LogP contribution in [0.3, 0.4) is 0 Å². The molecule has 1 aromatic heterocycles. The Morgan fingerprint density at radius 1 is 1.19 bits per heavy atom. The fraction of sp³-hybridized carbons (Fsp3) is 0.227. The number of para-hydroxylation sites is 2. The van der Waals surface area contributed by atoms with E-state index in [-0.39, 0.29) is 17.0 Å². The minimum atomic E-state index is -2.68. The van der Waals surface area contributed by atoms with E-state index in [4.69, 9.17) is 4.74 Å². The second kappa shape index (κ2) is 9.48. The molecule has 9 heteroatoms. The number of hydrogen-bond acceptors (Lipinski definition) is 5. The highest BCUT2D eigenvalue weighted by atomic mass is 19.3. The van der Waals surface area contributed by atoms with Crippen molar-refractivity contribution < 1.29 is 23.4 Å². The molecule has 0 fully saturated rings. The Labute approximate surface area is 176 Å². The highest BCUT2D eigenvalue weighted by Gasteiger charge is 2.18. The van der Waals surface area contributed by atoms with Gasteiger partial charge in [0.1, 0.15) is 23.6 Å². The maximum Gasteiger partial charge on any atom is 0.284 e. The van der Waals surface area contributed by atoms with E-state index in [9.17, 15) is 23.5 Å². The lowest BCUT2D eigenvalue weighted by molar-refractivity contribution is 0.0818. The first-order chi connectivity index (χ1) is 14.8. The molecule has 0 unspecified atom stereocenters. The second-order valence-corrected chi connectivity index (χ2v) is 6.84. The topological polar surface area (TPSA) is 93.5 Å². The number of ether oxygens (including phenoxy) is 1. The number of carbonyl (C=O) groups excluding carboxylic acids is 1. The van der Waals surface area contributed by atoms with Crippen LogP contribution >= 0.6 is 0 Å². The van der Waals surface area contributed by atoms with Crippen molar-refractivity contribution in [1.29, 1.82) is 0 Å². The van der Waals surface area contributed by atoms with Crippen LogP contribution in [0.5, 0.6) is 5.75 Å². The van der Waals surface area contributed by atoms with Gasteiger partial charge in [-0.3, -0.25) is 9.59 Å². The summed E-state index contributed by atoms with van der Waals surface area (Å²) in [4.78, 5) is 25.7. The molecule has 0 aliphatic heterocycles. The number of aliphatic hydroxyl groups is 1. The number of benzene rings is 2. The van der Waals surface area contributed by atoms with Crippen LogP contribution in [0.15, 0.2) is 59.4 Å². The van der Waals surface area contributed by atoms with Crippen LogP contribution in [0.1, 0.15) is 34.6 Å². The summed E-state index contributed by atoms with van der Waals surface area (Å²) in [5.41, 5.74) is 0.744. The van der Waals surface area contributed by atoms with E-state index >= 15 is 0 Å². The number of rotatable bonds is 7. The first-order valence-electron chi connectivity index (χ1n) is 9.47. The maximum atomic E-state index is 13.0. The SMILES string of the molecule is Cc1cc(C(=O)Nc2ccc([C@@H](C)O)cc2)c(=O)n(-c2ccccc2OCC(F)F)n1. The number of nitrogens with one attached hydrogen (secondary N) is 1. The third kappa shape index (κ3) is 5.32. The lowest BCUT2D eigenvalue weighted by atomic mass is 10.1. The Balaban J connectivity index is 1.94. The highest BCUT2D eigenvalue weighted by Crippen LogP contribution is 2.22. The van der Waals surface area contributed by atoms with Crippen LogP contribution in [0.2, 0.25) is 0 Å². The summed E-state index contributed by atoms with van der Waals surface area (Å²) in [7, 11) is 0. The molecule has 1 amide bonds. The summed E-state index contributed by atoms with van der Waals surface area (Å²) in [6.07, 6.45) is -3.33. The number of hydrogen-bond donors (Lipinski definition) is 2. The largest absolute Gasteiger partial charge is 0.485 e. The van der Waals surface area contributed by atoms with Crippen LogP contribution in [0.25, 0.3) is 5.69 Å². The van der Waals surface area contributed by atoms with E-state index in [2.05, 4.69) is 10.4 Å². The Hall–Kier alpha value is -3.59. The third-order valence-corrected chi connectivity index (χ3v) is 4.39. The van der Waals surface area contributed by atoms with Gasteiger partial charge in [-0.15, -0.1) is 0 Å². The normalized spacial score (nSPS) is 11.9. The molecule has 1 atom stereocenters. The number of halogens is 2. The first-order valence-corrected chi connectivity index (χ1v) is 9.47. The van der Waals surface area contributed by atoms with E-state index in [0.717, 1.165) is 4.68 Å². The molecule has 1 heterocycles. The molecule has 0 aliphatic carbocycles. The molecule has 162 valence electrons. The summed E-state index contributed by atoms with van der Waals surface area (Å²) in [6.45, 7) is 2.39. The number of aryl methyl sites for hydroxylation is 1. The van der Waals surface area contributed by atoms with Gasteiger partial charge in [-0.1, -0.05) is 24.3 Å². The predicted octanol–water partition coefficient (Wildman–Crippen LogP) is 3.49. The van der Waals surface area contributed by atoms with Crippen molar-refractivity contribution in [1.82, 2.24) is 9.78 Å². The number of nitrogens with zero attached hydrogens (tertiary/aromatic N) is 2. The average molecular weight is 429 g/mol. The molecule has 0 spiro atoms. The summed E-state index contributed by atoms with van der Waals surface area (Å²) < 4.78 is 31.2. The van der Waals surface area contributed by atoms with Gasteiger partial charge in [0, 0.05) is 5.69 Å². The summed E-state index contributed by atoms with van der Waals surface area (Å²) in [5, 5.41) is 16.4. The lowest BCUT2D eigenvalue weighted by Gasteiger charge is -2.14. The van der Waals surface area contributed by atoms with Gasteiger partial charge in [0.2, 0.25) is 0 Å². The van der Waals surface area contributed by atoms with Crippen molar-refractivity contribution in [2.24, 2.45) is 0 Å². The monoisotopic (exact) mass is 429 g/mol. The quantitative estimate of drug-likeness (QED) is 0.600. The number of carbonyl (C=O) groups is 1. The van der Waals surface area contributed by atoms with Gasteiger partial charge < -0.3 is 15.2 Å². The number of alkyl halides is 2. The molecule has 2 aromatic carbocycles. The molecule has 0 aliphatic rings. The van der Waals surface area contributed by atoms with Crippen molar-refractivity contribution in [3.63, 3.8) is 0 Å². The molecule has 7 nitrogen and oxygen atoms in total. The standard InChI is InChI=1S/C22H21F2N3O4/c1-13-11-17(21(29)25-16-9-7-15(8-10-16)14(2)28)22(30)27(26-13)18-5-3-4-6-19(18)31-12-20(23)24/h3-11,14,20,28H,12H2,1-2H3,(H,25,29)/t14-/m1/s1. The van der Waals surface area contributed by atoms with Gasteiger partial charge in [0.25, 0.3) is 17.9 Å². The van der Waals surface area contributed by atoms with E-state index < -0.39 is 30.6 Å². The molecule has 0 saturated heterocycles. The van der Waals surface area contributed by atoms with E-state index in [1.54, 1.807) is 50.2 Å². The zero-order valence-corrected chi connectivity index (χ0v) is 16.9. The van der Waals surface area contributed by atoms with Crippen LogP contribution in [-0.4, -0.2) is 33.8 Å². The van der Waals surface area contributed by atoms with Gasteiger partial charge in [0.15, 0.2) is 0 Å². The maximum absolute atomic E-state index is 13.0. The fourth-order valence-electron chi connectivity index (χ4n) is 2.89. The number of aromatic nitrogens is 2. The molecular formula is C22H21F2N3O4. The van der Waals surface area contributed by atoms with Gasteiger partial charge >= 0.3 is 0 Å². The van der Waals surface area contributed by atoms with Crippen LogP contribution in [-0.2, 0) is 0 Å². The van der Waals surface area contributed by atoms with Gasteiger partial charge in [0.05, 0.1) is 11.8 Å². The molecule has 0 radical (unpaired) electrons. The Morgan fingerprint density at radius 2 is 1.87 bits per heavy atom. The Bertz CT molecular complexity index is 1130. The molecular weight excluding hydrogens is 408 g/mol. The van der Waals surface area contributed by atoms with E-state index in [1.165, 1.54) is 18.2 Å². The van der Waals surface area contributed by atoms with Crippen molar-refractivity contribution in [3.05, 3.63) is 81.8 Å². The smallest absolute Gasteiger partial charge is 0.284 e. The molecule has 31 heavy (non-hydrogen) atoms. The van der Waals surface area contributed by atoms with Crippen molar-refractivity contribution >= 4 is 11.6 Å². The van der Waals surface area contributed by atoms with Gasteiger partial charge in [-0.05, 0) is 49.7 Å². The molecule has 0 bridgehead atoms. The van der Waals surface area contributed by atoms with Crippen molar-refractivity contribution in [2.75, 3.05) is 11.9 Å². The number of aliphatic hydroxyl groups excluding tert-OH is 1.